The van der Waals surface area contributed by atoms with E-state index >= 15 is 0 Å². The topological polar surface area (TPSA) is 76.1 Å². The lowest BCUT2D eigenvalue weighted by atomic mass is 10.2. The molecule has 0 aliphatic rings. The predicted molar refractivity (Wildman–Crippen MR) is 61.8 cm³/mol. The van der Waals surface area contributed by atoms with E-state index in [1.54, 1.807) is 14.0 Å². The standard InChI is InChI=1S/C11H21NO5/c1-4-12(9(2)7-11(14)15)10(13)8-17-6-5-16-3/h9H,4-8H2,1-3H3,(H,14,15). The maximum atomic E-state index is 11.7. The highest BCUT2D eigenvalue weighted by atomic mass is 16.5. The summed E-state index contributed by atoms with van der Waals surface area (Å²) in [6, 6.07) is -0.323. The van der Waals surface area contributed by atoms with Crippen LogP contribution in [0.3, 0.4) is 0 Å². The van der Waals surface area contributed by atoms with Crippen molar-refractivity contribution >= 4 is 11.9 Å². The summed E-state index contributed by atoms with van der Waals surface area (Å²) in [7, 11) is 1.55. The van der Waals surface area contributed by atoms with Gasteiger partial charge in [-0.25, -0.2) is 0 Å². The second-order valence-electron chi connectivity index (χ2n) is 3.67. The Kier molecular flexibility index (Phi) is 8.35. The van der Waals surface area contributed by atoms with E-state index in [1.807, 2.05) is 6.92 Å². The number of nitrogens with zero attached hydrogens (tertiary/aromatic N) is 1. The van der Waals surface area contributed by atoms with E-state index in [9.17, 15) is 9.59 Å². The zero-order valence-corrected chi connectivity index (χ0v) is 10.6. The fraction of sp³-hybridized carbons (Fsp3) is 0.818. The Balaban J connectivity index is 4.06. The highest BCUT2D eigenvalue weighted by Crippen LogP contribution is 2.04. The summed E-state index contributed by atoms with van der Waals surface area (Å²) in [5.41, 5.74) is 0. The number of methoxy groups -OCH3 is 1. The van der Waals surface area contributed by atoms with Crippen LogP contribution in [0, 0.1) is 0 Å². The van der Waals surface area contributed by atoms with Crippen molar-refractivity contribution in [2.45, 2.75) is 26.3 Å². The van der Waals surface area contributed by atoms with Gasteiger partial charge >= 0.3 is 5.97 Å². The van der Waals surface area contributed by atoms with Crippen LogP contribution in [0.25, 0.3) is 0 Å². The van der Waals surface area contributed by atoms with Gasteiger partial charge in [0.2, 0.25) is 5.91 Å². The highest BCUT2D eigenvalue weighted by Gasteiger charge is 2.20. The van der Waals surface area contributed by atoms with Gasteiger partial charge in [-0.1, -0.05) is 0 Å². The Morgan fingerprint density at radius 2 is 2.00 bits per heavy atom. The molecule has 0 aromatic heterocycles. The first-order valence-corrected chi connectivity index (χ1v) is 5.60. The van der Waals surface area contributed by atoms with E-state index in [2.05, 4.69) is 0 Å². The molecule has 17 heavy (non-hydrogen) atoms. The molecule has 0 spiro atoms. The van der Waals surface area contributed by atoms with Crippen molar-refractivity contribution in [1.82, 2.24) is 4.90 Å². The van der Waals surface area contributed by atoms with Crippen molar-refractivity contribution in [3.8, 4) is 0 Å². The summed E-state index contributed by atoms with van der Waals surface area (Å²) >= 11 is 0. The average molecular weight is 247 g/mol. The monoisotopic (exact) mass is 247 g/mol. The van der Waals surface area contributed by atoms with Crippen molar-refractivity contribution in [3.63, 3.8) is 0 Å². The number of carboxylic acids is 1. The summed E-state index contributed by atoms with van der Waals surface area (Å²) in [6.07, 6.45) is -0.0579. The van der Waals surface area contributed by atoms with E-state index in [0.717, 1.165) is 0 Å². The maximum Gasteiger partial charge on any atom is 0.305 e. The molecule has 0 aromatic carbocycles. The lowest BCUT2D eigenvalue weighted by molar-refractivity contribution is -0.142. The normalized spacial score (nSPS) is 12.2. The summed E-state index contributed by atoms with van der Waals surface area (Å²) in [5, 5.41) is 8.67. The van der Waals surface area contributed by atoms with Gasteiger partial charge in [-0.15, -0.1) is 0 Å². The summed E-state index contributed by atoms with van der Waals surface area (Å²) < 4.78 is 9.89. The van der Waals surface area contributed by atoms with Crippen LogP contribution in [0.4, 0.5) is 0 Å². The third-order valence-corrected chi connectivity index (χ3v) is 2.32. The third-order valence-electron chi connectivity index (χ3n) is 2.32. The van der Waals surface area contributed by atoms with Crippen LogP contribution >= 0.6 is 0 Å². The van der Waals surface area contributed by atoms with Gasteiger partial charge in [0.1, 0.15) is 6.61 Å². The molecule has 0 aliphatic heterocycles. The quantitative estimate of drug-likeness (QED) is 0.595. The molecule has 6 nitrogen and oxygen atoms in total. The van der Waals surface area contributed by atoms with Crippen molar-refractivity contribution < 1.29 is 24.2 Å². The van der Waals surface area contributed by atoms with E-state index in [1.165, 1.54) is 4.90 Å². The van der Waals surface area contributed by atoms with E-state index in [-0.39, 0.29) is 25.0 Å². The molecule has 0 bridgehead atoms. The molecule has 0 aliphatic carbocycles. The van der Waals surface area contributed by atoms with Crippen LogP contribution in [0.5, 0.6) is 0 Å². The van der Waals surface area contributed by atoms with Crippen molar-refractivity contribution in [3.05, 3.63) is 0 Å². The smallest absolute Gasteiger partial charge is 0.305 e. The minimum Gasteiger partial charge on any atom is -0.481 e. The van der Waals surface area contributed by atoms with Gasteiger partial charge in [0.05, 0.1) is 19.6 Å². The molecule has 0 radical (unpaired) electrons. The van der Waals surface area contributed by atoms with Gasteiger partial charge in [-0.2, -0.15) is 0 Å². The van der Waals surface area contributed by atoms with Crippen LogP contribution in [0.2, 0.25) is 0 Å². The number of carbonyl (C=O) groups is 2. The van der Waals surface area contributed by atoms with E-state index < -0.39 is 5.97 Å². The van der Waals surface area contributed by atoms with Gasteiger partial charge < -0.3 is 19.5 Å². The molecule has 1 N–H and O–H groups in total. The SMILES string of the molecule is CCN(C(=O)COCCOC)C(C)CC(=O)O. The van der Waals surface area contributed by atoms with Crippen LogP contribution in [0.1, 0.15) is 20.3 Å². The first kappa shape index (κ1) is 15.9. The molecular weight excluding hydrogens is 226 g/mol. The Morgan fingerprint density at radius 1 is 1.35 bits per heavy atom. The molecular formula is C11H21NO5. The molecule has 0 fully saturated rings. The first-order valence-electron chi connectivity index (χ1n) is 5.60. The lowest BCUT2D eigenvalue weighted by Gasteiger charge is -2.26. The Hall–Kier alpha value is -1.14. The zero-order valence-electron chi connectivity index (χ0n) is 10.6. The third kappa shape index (κ3) is 6.91. The van der Waals surface area contributed by atoms with Gasteiger partial charge in [0, 0.05) is 19.7 Å². The second kappa shape index (κ2) is 8.95. The van der Waals surface area contributed by atoms with Crippen molar-refractivity contribution in [1.29, 1.82) is 0 Å². The summed E-state index contributed by atoms with van der Waals surface area (Å²) in [4.78, 5) is 23.8. The predicted octanol–water partition coefficient (Wildman–Crippen LogP) is 0.361. The van der Waals surface area contributed by atoms with Crippen molar-refractivity contribution in [2.24, 2.45) is 0 Å². The number of aliphatic carboxylic acids is 1. The molecule has 6 heteroatoms. The molecule has 1 atom stereocenters. The number of hydrogen-bond donors (Lipinski definition) is 1. The largest absolute Gasteiger partial charge is 0.481 e. The summed E-state index contributed by atoms with van der Waals surface area (Å²) in [6.45, 7) is 4.75. The fourth-order valence-corrected chi connectivity index (χ4v) is 1.48. The average Bonchev–Trinajstić information content (AvgIpc) is 2.24. The molecule has 0 aromatic rings. The molecule has 0 heterocycles. The maximum absolute atomic E-state index is 11.7. The van der Waals surface area contributed by atoms with Crippen LogP contribution in [-0.2, 0) is 19.1 Å². The molecule has 0 rings (SSSR count). The van der Waals surface area contributed by atoms with E-state index in [0.29, 0.717) is 19.8 Å². The van der Waals surface area contributed by atoms with Crippen LogP contribution < -0.4 is 0 Å². The van der Waals surface area contributed by atoms with Crippen molar-refractivity contribution in [2.75, 3.05) is 33.5 Å². The number of likely N-dealkylation sites (N-methyl/N-ethyl adjacent to an activating group) is 1. The Morgan fingerprint density at radius 3 is 2.47 bits per heavy atom. The highest BCUT2D eigenvalue weighted by molar-refractivity contribution is 5.78. The van der Waals surface area contributed by atoms with Crippen LogP contribution in [0.15, 0.2) is 0 Å². The molecule has 0 saturated carbocycles. The van der Waals surface area contributed by atoms with Gasteiger partial charge in [0.15, 0.2) is 0 Å². The number of rotatable bonds is 9. The van der Waals surface area contributed by atoms with Gasteiger partial charge in [-0.05, 0) is 13.8 Å². The first-order chi connectivity index (χ1) is 8.02. The minimum atomic E-state index is -0.913. The number of amides is 1. The number of carbonyl (C=O) groups excluding carboxylic acids is 1. The molecule has 0 saturated heterocycles. The Bertz CT molecular complexity index is 244. The fourth-order valence-electron chi connectivity index (χ4n) is 1.48. The molecule has 1 unspecified atom stereocenters. The number of carboxylic acid groups (broad SMARTS) is 1. The van der Waals surface area contributed by atoms with Gasteiger partial charge in [-0.3, -0.25) is 9.59 Å². The van der Waals surface area contributed by atoms with Gasteiger partial charge in [0.25, 0.3) is 0 Å². The number of hydrogen-bond acceptors (Lipinski definition) is 4. The molecule has 1 amide bonds. The van der Waals surface area contributed by atoms with E-state index in [4.69, 9.17) is 14.6 Å². The molecule has 100 valence electrons. The lowest BCUT2D eigenvalue weighted by Crippen LogP contribution is -2.41. The number of ether oxygens (including phenoxy) is 2. The summed E-state index contributed by atoms with van der Waals surface area (Å²) in [5.74, 6) is -1.11. The zero-order chi connectivity index (χ0) is 13.3. The second-order valence-corrected chi connectivity index (χ2v) is 3.67. The van der Waals surface area contributed by atoms with Crippen LogP contribution in [-0.4, -0.2) is 61.4 Å². The Labute approximate surface area is 101 Å². The minimum absolute atomic E-state index is 0.0405.